The first kappa shape index (κ1) is 15.4. The van der Waals surface area contributed by atoms with Gasteiger partial charge >= 0.3 is 5.69 Å². The summed E-state index contributed by atoms with van der Waals surface area (Å²) in [4.78, 5) is 41.0. The van der Waals surface area contributed by atoms with E-state index in [2.05, 4.69) is 20.4 Å². The number of carbonyl (C=O) groups excluding carboxylic acids is 1. The maximum atomic E-state index is 12.6. The third-order valence-corrected chi connectivity index (χ3v) is 4.61. The molecule has 0 bridgehead atoms. The Balaban J connectivity index is 1.53. The van der Waals surface area contributed by atoms with Crippen LogP contribution in [-0.4, -0.2) is 25.7 Å². The van der Waals surface area contributed by atoms with Gasteiger partial charge in [-0.25, -0.2) is 9.48 Å². The van der Waals surface area contributed by atoms with Crippen LogP contribution in [0.15, 0.2) is 33.9 Å². The summed E-state index contributed by atoms with van der Waals surface area (Å²) in [5, 5.41) is 7.15. The Morgan fingerprint density at radius 3 is 2.88 bits per heavy atom. The Kier molecular flexibility index (Phi) is 3.52. The molecular formula is C17H17N5O3. The maximum absolute atomic E-state index is 12.6. The molecule has 0 spiro atoms. The van der Waals surface area contributed by atoms with E-state index in [1.165, 1.54) is 4.68 Å². The number of amides is 1. The average Bonchev–Trinajstić information content (AvgIpc) is 2.94. The number of H-pyrrole nitrogens is 2. The first-order valence-electron chi connectivity index (χ1n) is 8.08. The molecule has 1 unspecified atom stereocenters. The van der Waals surface area contributed by atoms with Crippen LogP contribution in [-0.2, 0) is 24.7 Å². The molecule has 0 radical (unpaired) electrons. The quantitative estimate of drug-likeness (QED) is 0.637. The summed E-state index contributed by atoms with van der Waals surface area (Å²) in [6.45, 7) is 0. The first-order valence-corrected chi connectivity index (χ1v) is 8.08. The highest BCUT2D eigenvalue weighted by Crippen LogP contribution is 2.24. The topological polar surface area (TPSA) is 113 Å². The SMILES string of the molecule is Cn1nc2c(cc1=O)CC(C(=O)Nc1ccc3[nH]c(=O)[nH]c3c1)CC2. The van der Waals surface area contributed by atoms with Gasteiger partial charge in [-0.1, -0.05) is 0 Å². The summed E-state index contributed by atoms with van der Waals surface area (Å²) in [5.41, 5.74) is 3.25. The molecule has 2 aromatic heterocycles. The molecule has 8 nitrogen and oxygen atoms in total. The molecule has 8 heteroatoms. The minimum absolute atomic E-state index is 0.0939. The van der Waals surface area contributed by atoms with Gasteiger partial charge in [0, 0.05) is 24.7 Å². The molecule has 25 heavy (non-hydrogen) atoms. The van der Waals surface area contributed by atoms with Gasteiger partial charge in [0.05, 0.1) is 16.7 Å². The van der Waals surface area contributed by atoms with E-state index in [4.69, 9.17) is 0 Å². The van der Waals surface area contributed by atoms with Gasteiger partial charge in [-0.05, 0) is 43.0 Å². The van der Waals surface area contributed by atoms with Crippen LogP contribution in [0.1, 0.15) is 17.7 Å². The number of nitrogens with one attached hydrogen (secondary N) is 3. The van der Waals surface area contributed by atoms with E-state index in [1.54, 1.807) is 31.3 Å². The molecule has 0 aliphatic heterocycles. The molecule has 3 N–H and O–H groups in total. The van der Waals surface area contributed by atoms with E-state index in [1.807, 2.05) is 0 Å². The normalized spacial score (nSPS) is 16.6. The summed E-state index contributed by atoms with van der Waals surface area (Å²) < 4.78 is 1.33. The number of hydrogen-bond acceptors (Lipinski definition) is 4. The number of nitrogens with zero attached hydrogens (tertiary/aromatic N) is 2. The van der Waals surface area contributed by atoms with E-state index < -0.39 is 0 Å². The Morgan fingerprint density at radius 2 is 2.04 bits per heavy atom. The minimum atomic E-state index is -0.281. The van der Waals surface area contributed by atoms with Crippen molar-refractivity contribution in [1.29, 1.82) is 0 Å². The summed E-state index contributed by atoms with van der Waals surface area (Å²) in [6, 6.07) is 6.78. The molecule has 0 saturated heterocycles. The highest BCUT2D eigenvalue weighted by molar-refractivity contribution is 5.94. The molecule has 1 aliphatic rings. The van der Waals surface area contributed by atoms with Crippen molar-refractivity contribution in [3.05, 3.63) is 56.4 Å². The van der Waals surface area contributed by atoms with Gasteiger partial charge < -0.3 is 15.3 Å². The van der Waals surface area contributed by atoms with Gasteiger partial charge in [-0.2, -0.15) is 5.10 Å². The van der Waals surface area contributed by atoms with E-state index in [0.29, 0.717) is 36.0 Å². The smallest absolute Gasteiger partial charge is 0.323 e. The van der Waals surface area contributed by atoms with Crippen LogP contribution in [0.25, 0.3) is 11.0 Å². The third kappa shape index (κ3) is 2.86. The average molecular weight is 339 g/mol. The van der Waals surface area contributed by atoms with E-state index in [9.17, 15) is 14.4 Å². The summed E-state index contributed by atoms with van der Waals surface area (Å²) >= 11 is 0. The number of anilines is 1. The van der Waals surface area contributed by atoms with E-state index >= 15 is 0 Å². The Bertz CT molecular complexity index is 1090. The number of benzene rings is 1. The van der Waals surface area contributed by atoms with Crippen molar-refractivity contribution < 1.29 is 4.79 Å². The van der Waals surface area contributed by atoms with Crippen LogP contribution >= 0.6 is 0 Å². The zero-order chi connectivity index (χ0) is 17.6. The molecule has 0 saturated carbocycles. The number of aromatic amines is 2. The molecule has 128 valence electrons. The standard InChI is InChI=1S/C17H17N5O3/c1-22-15(23)7-10-6-9(2-4-12(10)21-22)16(24)18-11-3-5-13-14(8-11)20-17(25)19-13/h3,5,7-9H,2,4,6H2,1H3,(H,18,24)(H2,19,20,25). The highest BCUT2D eigenvalue weighted by atomic mass is 16.2. The Hall–Kier alpha value is -3.16. The monoisotopic (exact) mass is 339 g/mol. The van der Waals surface area contributed by atoms with Crippen LogP contribution in [0.5, 0.6) is 0 Å². The number of aromatic nitrogens is 4. The van der Waals surface area contributed by atoms with Crippen molar-refractivity contribution >= 4 is 22.6 Å². The minimum Gasteiger partial charge on any atom is -0.326 e. The molecular weight excluding hydrogens is 322 g/mol. The number of fused-ring (bicyclic) bond motifs is 2. The Morgan fingerprint density at radius 1 is 1.24 bits per heavy atom. The number of imidazole rings is 1. The molecule has 1 atom stereocenters. The van der Waals surface area contributed by atoms with Gasteiger partial charge in [0.1, 0.15) is 0 Å². The van der Waals surface area contributed by atoms with Crippen LogP contribution in [0.4, 0.5) is 5.69 Å². The predicted octanol–water partition coefficient (Wildman–Crippen LogP) is 0.693. The molecule has 2 heterocycles. The number of hydrogen-bond donors (Lipinski definition) is 3. The first-order chi connectivity index (χ1) is 12.0. The zero-order valence-corrected chi connectivity index (χ0v) is 13.6. The second-order valence-electron chi connectivity index (χ2n) is 6.35. The fourth-order valence-electron chi connectivity index (χ4n) is 3.26. The van der Waals surface area contributed by atoms with Gasteiger partial charge in [0.25, 0.3) is 5.56 Å². The van der Waals surface area contributed by atoms with Crippen molar-refractivity contribution in [3.63, 3.8) is 0 Å². The molecule has 0 fully saturated rings. The van der Waals surface area contributed by atoms with Crippen molar-refractivity contribution in [2.45, 2.75) is 19.3 Å². The van der Waals surface area contributed by atoms with Gasteiger partial charge in [0.15, 0.2) is 0 Å². The Labute approximate surface area is 141 Å². The van der Waals surface area contributed by atoms with Crippen LogP contribution in [0, 0.1) is 5.92 Å². The summed E-state index contributed by atoms with van der Waals surface area (Å²) in [6.07, 6.45) is 1.87. The van der Waals surface area contributed by atoms with E-state index in [0.717, 1.165) is 11.3 Å². The summed E-state index contributed by atoms with van der Waals surface area (Å²) in [5.74, 6) is -0.300. The van der Waals surface area contributed by atoms with Crippen LogP contribution < -0.4 is 16.6 Å². The largest absolute Gasteiger partial charge is 0.326 e. The number of rotatable bonds is 2. The lowest BCUT2D eigenvalue weighted by Gasteiger charge is -2.23. The van der Waals surface area contributed by atoms with Gasteiger partial charge in [-0.15, -0.1) is 0 Å². The molecule has 1 amide bonds. The maximum Gasteiger partial charge on any atom is 0.323 e. The van der Waals surface area contributed by atoms with Crippen molar-refractivity contribution in [2.75, 3.05) is 5.32 Å². The zero-order valence-electron chi connectivity index (χ0n) is 13.6. The predicted molar refractivity (Wildman–Crippen MR) is 92.5 cm³/mol. The van der Waals surface area contributed by atoms with Crippen molar-refractivity contribution in [3.8, 4) is 0 Å². The van der Waals surface area contributed by atoms with Crippen LogP contribution in [0.2, 0.25) is 0 Å². The second-order valence-corrected chi connectivity index (χ2v) is 6.35. The fraction of sp³-hybridized carbons (Fsp3) is 0.294. The highest BCUT2D eigenvalue weighted by Gasteiger charge is 2.26. The lowest BCUT2D eigenvalue weighted by Crippen LogP contribution is -2.31. The van der Waals surface area contributed by atoms with Crippen molar-refractivity contribution in [1.82, 2.24) is 19.7 Å². The van der Waals surface area contributed by atoms with Gasteiger partial charge in [0.2, 0.25) is 5.91 Å². The van der Waals surface area contributed by atoms with E-state index in [-0.39, 0.29) is 23.1 Å². The summed E-state index contributed by atoms with van der Waals surface area (Å²) in [7, 11) is 1.63. The van der Waals surface area contributed by atoms with Gasteiger partial charge in [-0.3, -0.25) is 9.59 Å². The number of carbonyl (C=O) groups is 1. The lowest BCUT2D eigenvalue weighted by molar-refractivity contribution is -0.120. The fourth-order valence-corrected chi connectivity index (χ4v) is 3.26. The van der Waals surface area contributed by atoms with Crippen LogP contribution in [0.3, 0.4) is 0 Å². The molecule has 4 rings (SSSR count). The lowest BCUT2D eigenvalue weighted by atomic mass is 9.86. The molecule has 1 aliphatic carbocycles. The molecule has 1 aromatic carbocycles. The molecule has 3 aromatic rings. The number of aryl methyl sites for hydroxylation is 2. The third-order valence-electron chi connectivity index (χ3n) is 4.61. The van der Waals surface area contributed by atoms with Crippen molar-refractivity contribution in [2.24, 2.45) is 13.0 Å². The second kappa shape index (κ2) is 5.73.